The van der Waals surface area contributed by atoms with Crippen molar-refractivity contribution in [2.75, 3.05) is 26.3 Å². The molecule has 1 amide bonds. The molecule has 0 radical (unpaired) electrons. The van der Waals surface area contributed by atoms with E-state index in [1.807, 2.05) is 4.90 Å². The van der Waals surface area contributed by atoms with Gasteiger partial charge in [0.05, 0.1) is 11.5 Å². The van der Waals surface area contributed by atoms with Gasteiger partial charge in [0.15, 0.2) is 0 Å². The Morgan fingerprint density at radius 2 is 2.08 bits per heavy atom. The van der Waals surface area contributed by atoms with Gasteiger partial charge in [-0.05, 0) is 56.6 Å². The highest BCUT2D eigenvalue weighted by atomic mass is 16.5. The van der Waals surface area contributed by atoms with E-state index >= 15 is 0 Å². The molecule has 1 N–H and O–H groups in total. The summed E-state index contributed by atoms with van der Waals surface area (Å²) in [7, 11) is 0. The number of aryl methyl sites for hydroxylation is 1. The topological polar surface area (TPSA) is 49.8 Å². The Morgan fingerprint density at radius 1 is 1.33 bits per heavy atom. The van der Waals surface area contributed by atoms with Gasteiger partial charge in [-0.1, -0.05) is 24.3 Å². The predicted molar refractivity (Wildman–Crippen MR) is 94.0 cm³/mol. The van der Waals surface area contributed by atoms with Gasteiger partial charge in [-0.15, -0.1) is 0 Å². The number of carbonyl (C=O) groups excluding carboxylic acids is 1. The van der Waals surface area contributed by atoms with E-state index in [-0.39, 0.29) is 24.0 Å². The zero-order valence-corrected chi connectivity index (χ0v) is 14.7. The van der Waals surface area contributed by atoms with Crippen molar-refractivity contribution in [2.45, 2.75) is 57.0 Å². The molecule has 0 spiro atoms. The van der Waals surface area contributed by atoms with Crippen molar-refractivity contribution in [1.82, 2.24) is 4.90 Å². The number of rotatable bonds is 5. The number of aliphatic hydroxyl groups is 1. The molecule has 1 unspecified atom stereocenters. The van der Waals surface area contributed by atoms with Crippen LogP contribution in [0.3, 0.4) is 0 Å². The third-order valence-electron chi connectivity index (χ3n) is 5.59. The van der Waals surface area contributed by atoms with Crippen LogP contribution in [-0.2, 0) is 21.4 Å². The zero-order chi connectivity index (χ0) is 17.0. The predicted octanol–water partition coefficient (Wildman–Crippen LogP) is 2.67. The number of likely N-dealkylation sites (tertiary alicyclic amines) is 1. The van der Waals surface area contributed by atoms with Crippen molar-refractivity contribution in [3.8, 4) is 0 Å². The number of amides is 1. The van der Waals surface area contributed by atoms with Gasteiger partial charge >= 0.3 is 0 Å². The Bertz CT molecular complexity index is 566. The molecule has 1 aromatic rings. The van der Waals surface area contributed by atoms with Crippen LogP contribution >= 0.6 is 0 Å². The molecule has 2 aliphatic rings. The maximum absolute atomic E-state index is 13.3. The van der Waals surface area contributed by atoms with E-state index < -0.39 is 0 Å². The molecule has 1 heterocycles. The standard InChI is InChI=1S/C20H29NO3/c1-20(11-4-7-16-6-2-3-8-18(16)20)19(23)21-12-9-17(10-13-21)24-15-5-14-22/h2-3,6,8,17,22H,4-5,7,9-15H2,1H3. The highest BCUT2D eigenvalue weighted by Crippen LogP contribution is 2.39. The van der Waals surface area contributed by atoms with Crippen molar-refractivity contribution in [1.29, 1.82) is 0 Å². The lowest BCUT2D eigenvalue weighted by Crippen LogP contribution is -2.50. The average Bonchev–Trinajstić information content (AvgIpc) is 2.62. The minimum absolute atomic E-state index is 0.176. The highest BCUT2D eigenvalue weighted by molar-refractivity contribution is 5.88. The van der Waals surface area contributed by atoms with Crippen molar-refractivity contribution < 1.29 is 14.6 Å². The van der Waals surface area contributed by atoms with E-state index in [9.17, 15) is 4.79 Å². The summed E-state index contributed by atoms with van der Waals surface area (Å²) in [5.41, 5.74) is 2.18. The molecule has 24 heavy (non-hydrogen) atoms. The van der Waals surface area contributed by atoms with Crippen LogP contribution in [-0.4, -0.2) is 48.3 Å². The largest absolute Gasteiger partial charge is 0.396 e. The summed E-state index contributed by atoms with van der Waals surface area (Å²) in [5.74, 6) is 0.281. The Kier molecular flexibility index (Phi) is 5.57. The molecule has 4 nitrogen and oxygen atoms in total. The average molecular weight is 331 g/mol. The molecule has 1 fully saturated rings. The Balaban J connectivity index is 1.64. The van der Waals surface area contributed by atoms with Gasteiger partial charge in [-0.2, -0.15) is 0 Å². The van der Waals surface area contributed by atoms with Gasteiger partial charge in [0.25, 0.3) is 0 Å². The first-order valence-electron chi connectivity index (χ1n) is 9.25. The van der Waals surface area contributed by atoms with E-state index in [2.05, 4.69) is 31.2 Å². The lowest BCUT2D eigenvalue weighted by Gasteiger charge is -2.41. The van der Waals surface area contributed by atoms with Crippen molar-refractivity contribution in [2.24, 2.45) is 0 Å². The summed E-state index contributed by atoms with van der Waals surface area (Å²) >= 11 is 0. The van der Waals surface area contributed by atoms with Crippen LogP contribution < -0.4 is 0 Å². The molecule has 4 heteroatoms. The molecule has 1 aliphatic carbocycles. The van der Waals surface area contributed by atoms with Gasteiger partial charge in [-0.25, -0.2) is 0 Å². The van der Waals surface area contributed by atoms with Crippen molar-refractivity contribution >= 4 is 5.91 Å². The van der Waals surface area contributed by atoms with E-state index in [0.717, 1.165) is 45.2 Å². The number of hydrogen-bond donors (Lipinski definition) is 1. The number of carbonyl (C=O) groups is 1. The van der Waals surface area contributed by atoms with Crippen LogP contribution in [0, 0.1) is 0 Å². The molecule has 1 aliphatic heterocycles. The van der Waals surface area contributed by atoms with Crippen molar-refractivity contribution in [3.63, 3.8) is 0 Å². The summed E-state index contributed by atoms with van der Waals surface area (Å²) < 4.78 is 5.78. The Hall–Kier alpha value is -1.39. The van der Waals surface area contributed by atoms with Crippen LogP contribution in [0.25, 0.3) is 0 Å². The van der Waals surface area contributed by atoms with E-state index in [0.29, 0.717) is 13.0 Å². The van der Waals surface area contributed by atoms with Crippen LogP contribution in [0.4, 0.5) is 0 Å². The molecule has 132 valence electrons. The van der Waals surface area contributed by atoms with Crippen LogP contribution in [0.1, 0.15) is 50.2 Å². The second-order valence-corrected chi connectivity index (χ2v) is 7.28. The molecular formula is C20H29NO3. The number of aliphatic hydroxyl groups excluding tert-OH is 1. The molecule has 1 saturated heterocycles. The maximum Gasteiger partial charge on any atom is 0.232 e. The third kappa shape index (κ3) is 3.50. The second kappa shape index (κ2) is 7.66. The van der Waals surface area contributed by atoms with Crippen LogP contribution in [0.15, 0.2) is 24.3 Å². The minimum atomic E-state index is -0.376. The number of nitrogens with zero attached hydrogens (tertiary/aromatic N) is 1. The van der Waals surface area contributed by atoms with Gasteiger partial charge in [0.1, 0.15) is 0 Å². The quantitative estimate of drug-likeness (QED) is 0.844. The molecule has 1 aromatic carbocycles. The molecule has 0 bridgehead atoms. The van der Waals surface area contributed by atoms with Crippen LogP contribution in [0.2, 0.25) is 0 Å². The molecule has 3 rings (SSSR count). The SMILES string of the molecule is CC1(C(=O)N2CCC(OCCCO)CC2)CCCc2ccccc21. The fraction of sp³-hybridized carbons (Fsp3) is 0.650. The highest BCUT2D eigenvalue weighted by Gasteiger charge is 2.42. The van der Waals surface area contributed by atoms with E-state index in [4.69, 9.17) is 9.84 Å². The molecular weight excluding hydrogens is 302 g/mol. The molecule has 1 atom stereocenters. The number of ether oxygens (including phenoxy) is 1. The van der Waals surface area contributed by atoms with Crippen LogP contribution in [0.5, 0.6) is 0 Å². The smallest absolute Gasteiger partial charge is 0.232 e. The fourth-order valence-electron chi connectivity index (χ4n) is 4.15. The first kappa shape index (κ1) is 17.4. The minimum Gasteiger partial charge on any atom is -0.396 e. The summed E-state index contributed by atoms with van der Waals surface area (Å²) in [6.07, 6.45) is 5.82. The van der Waals surface area contributed by atoms with E-state index in [1.165, 1.54) is 11.1 Å². The third-order valence-corrected chi connectivity index (χ3v) is 5.59. The summed E-state index contributed by atoms with van der Waals surface area (Å²) in [4.78, 5) is 15.3. The lowest BCUT2D eigenvalue weighted by molar-refractivity contribution is -0.140. The fourth-order valence-corrected chi connectivity index (χ4v) is 4.15. The Labute approximate surface area is 144 Å². The first-order valence-corrected chi connectivity index (χ1v) is 9.25. The second-order valence-electron chi connectivity index (χ2n) is 7.28. The summed E-state index contributed by atoms with van der Waals surface area (Å²) in [6, 6.07) is 8.43. The maximum atomic E-state index is 13.3. The first-order chi connectivity index (χ1) is 11.6. The van der Waals surface area contributed by atoms with Gasteiger partial charge < -0.3 is 14.7 Å². The lowest BCUT2D eigenvalue weighted by atomic mass is 9.70. The number of piperidine rings is 1. The number of benzene rings is 1. The van der Waals surface area contributed by atoms with Crippen molar-refractivity contribution in [3.05, 3.63) is 35.4 Å². The van der Waals surface area contributed by atoms with Gasteiger partial charge in [0.2, 0.25) is 5.91 Å². The summed E-state index contributed by atoms with van der Waals surface area (Å²) in [5, 5.41) is 8.83. The van der Waals surface area contributed by atoms with Gasteiger partial charge in [-0.3, -0.25) is 4.79 Å². The van der Waals surface area contributed by atoms with Gasteiger partial charge in [0, 0.05) is 26.3 Å². The normalized spacial score (nSPS) is 24.7. The molecule has 0 aromatic heterocycles. The number of fused-ring (bicyclic) bond motifs is 1. The zero-order valence-electron chi connectivity index (χ0n) is 14.7. The monoisotopic (exact) mass is 331 g/mol. The Morgan fingerprint density at radius 3 is 2.83 bits per heavy atom. The number of hydrogen-bond acceptors (Lipinski definition) is 3. The molecule has 0 saturated carbocycles. The van der Waals surface area contributed by atoms with E-state index in [1.54, 1.807) is 0 Å². The summed E-state index contributed by atoms with van der Waals surface area (Å²) in [6.45, 7) is 4.47.